The number of pyridine rings is 1. The number of ketones is 1. The summed E-state index contributed by atoms with van der Waals surface area (Å²) in [5.74, 6) is 1.03. The summed E-state index contributed by atoms with van der Waals surface area (Å²) < 4.78 is 0. The summed E-state index contributed by atoms with van der Waals surface area (Å²) >= 11 is 0. The molecule has 2 aliphatic rings. The van der Waals surface area contributed by atoms with E-state index in [2.05, 4.69) is 9.88 Å². The minimum Gasteiger partial charge on any atom is -0.369 e. The molecule has 7 heteroatoms. The van der Waals surface area contributed by atoms with Crippen molar-refractivity contribution in [3.05, 3.63) is 23.9 Å². The quantitative estimate of drug-likeness (QED) is 0.790. The van der Waals surface area contributed by atoms with E-state index in [1.807, 2.05) is 26.0 Å². The van der Waals surface area contributed by atoms with Gasteiger partial charge in [0.2, 0.25) is 5.91 Å². The Kier molecular flexibility index (Phi) is 6.87. The highest BCUT2D eigenvalue weighted by Crippen LogP contribution is 2.24. The Balaban J connectivity index is 1.59. The van der Waals surface area contributed by atoms with Gasteiger partial charge in [0.25, 0.3) is 5.91 Å². The topological polar surface area (TPSA) is 96.6 Å². The molecule has 2 saturated heterocycles. The molecule has 2 aliphatic heterocycles. The molecule has 3 heterocycles. The molecule has 0 aromatic carbocycles. The van der Waals surface area contributed by atoms with Gasteiger partial charge in [-0.15, -0.1) is 0 Å². The first-order valence-corrected chi connectivity index (χ1v) is 10.7. The third-order valence-corrected chi connectivity index (χ3v) is 5.99. The van der Waals surface area contributed by atoms with Crippen molar-refractivity contribution in [1.82, 2.24) is 9.88 Å². The summed E-state index contributed by atoms with van der Waals surface area (Å²) in [6, 6.07) is 3.67. The van der Waals surface area contributed by atoms with Crippen LogP contribution in [0.1, 0.15) is 56.3 Å². The van der Waals surface area contributed by atoms with Crippen LogP contribution in [0.2, 0.25) is 0 Å². The van der Waals surface area contributed by atoms with Crippen LogP contribution in [-0.2, 0) is 9.59 Å². The van der Waals surface area contributed by atoms with E-state index in [-0.39, 0.29) is 29.4 Å². The average Bonchev–Trinajstić information content (AvgIpc) is 2.73. The van der Waals surface area contributed by atoms with E-state index in [1.165, 1.54) is 0 Å². The number of nitrogens with zero attached hydrogens (tertiary/aromatic N) is 3. The summed E-state index contributed by atoms with van der Waals surface area (Å²) in [4.78, 5) is 45.0. The van der Waals surface area contributed by atoms with E-state index in [0.717, 1.165) is 44.6 Å². The van der Waals surface area contributed by atoms with Crippen molar-refractivity contribution in [2.45, 2.75) is 46.0 Å². The first kappa shape index (κ1) is 21.3. The molecular weight excluding hydrogens is 368 g/mol. The summed E-state index contributed by atoms with van der Waals surface area (Å²) in [5.41, 5.74) is 5.94. The third kappa shape index (κ3) is 5.34. The van der Waals surface area contributed by atoms with Crippen LogP contribution in [-0.4, -0.2) is 53.7 Å². The molecule has 158 valence electrons. The Morgan fingerprint density at radius 1 is 1.10 bits per heavy atom. The number of carbonyl (C=O) groups excluding carboxylic acids is 3. The van der Waals surface area contributed by atoms with Gasteiger partial charge in [0.1, 0.15) is 11.6 Å². The number of Topliss-reactive ketones (excluding diaryl/α,β-unsaturated/α-hetero) is 1. The molecule has 0 saturated carbocycles. The SMILES string of the molecule is CC(C)CC(=O)[C@@H]1CCCN(C(=O)c2ccc(N3CCC(C(N)=O)CC3)nc2)C1. The van der Waals surface area contributed by atoms with E-state index in [0.29, 0.717) is 31.0 Å². The van der Waals surface area contributed by atoms with Crippen LogP contribution in [0.25, 0.3) is 0 Å². The fourth-order valence-corrected chi connectivity index (χ4v) is 4.27. The van der Waals surface area contributed by atoms with Crippen LogP contribution in [0, 0.1) is 17.8 Å². The number of carbonyl (C=O) groups is 3. The number of primary amides is 1. The number of nitrogens with two attached hydrogens (primary N) is 1. The molecule has 1 aromatic rings. The zero-order valence-corrected chi connectivity index (χ0v) is 17.5. The smallest absolute Gasteiger partial charge is 0.255 e. The van der Waals surface area contributed by atoms with Crippen LogP contribution >= 0.6 is 0 Å². The number of piperidine rings is 2. The second-order valence-corrected chi connectivity index (χ2v) is 8.72. The fourth-order valence-electron chi connectivity index (χ4n) is 4.27. The molecule has 1 aromatic heterocycles. The molecular formula is C22H32N4O3. The number of anilines is 1. The number of likely N-dealkylation sites (tertiary alicyclic amines) is 1. The largest absolute Gasteiger partial charge is 0.369 e. The molecule has 1 atom stereocenters. The molecule has 2 N–H and O–H groups in total. The molecule has 29 heavy (non-hydrogen) atoms. The minimum absolute atomic E-state index is 0.0473. The molecule has 7 nitrogen and oxygen atoms in total. The maximum Gasteiger partial charge on any atom is 0.255 e. The average molecular weight is 401 g/mol. The van der Waals surface area contributed by atoms with Gasteiger partial charge in [0, 0.05) is 50.6 Å². The Morgan fingerprint density at radius 2 is 1.83 bits per heavy atom. The Bertz CT molecular complexity index is 739. The van der Waals surface area contributed by atoms with Gasteiger partial charge < -0.3 is 15.5 Å². The van der Waals surface area contributed by atoms with Gasteiger partial charge in [-0.25, -0.2) is 4.98 Å². The molecule has 0 spiro atoms. The molecule has 0 unspecified atom stereocenters. The zero-order valence-electron chi connectivity index (χ0n) is 17.5. The van der Waals surface area contributed by atoms with Gasteiger partial charge in [-0.05, 0) is 43.7 Å². The van der Waals surface area contributed by atoms with Gasteiger partial charge in [-0.3, -0.25) is 14.4 Å². The first-order valence-electron chi connectivity index (χ1n) is 10.7. The monoisotopic (exact) mass is 400 g/mol. The lowest BCUT2D eigenvalue weighted by Gasteiger charge is -2.33. The predicted molar refractivity (Wildman–Crippen MR) is 111 cm³/mol. The minimum atomic E-state index is -0.231. The van der Waals surface area contributed by atoms with Crippen molar-refractivity contribution in [2.24, 2.45) is 23.5 Å². The Morgan fingerprint density at radius 3 is 2.41 bits per heavy atom. The lowest BCUT2D eigenvalue weighted by molar-refractivity contribution is -0.125. The van der Waals surface area contributed by atoms with Crippen molar-refractivity contribution in [2.75, 3.05) is 31.1 Å². The van der Waals surface area contributed by atoms with Gasteiger partial charge in [-0.2, -0.15) is 0 Å². The van der Waals surface area contributed by atoms with Gasteiger partial charge >= 0.3 is 0 Å². The highest BCUT2D eigenvalue weighted by molar-refractivity contribution is 5.94. The lowest BCUT2D eigenvalue weighted by Crippen LogP contribution is -2.42. The highest BCUT2D eigenvalue weighted by atomic mass is 16.2. The van der Waals surface area contributed by atoms with Crippen LogP contribution in [0.3, 0.4) is 0 Å². The van der Waals surface area contributed by atoms with Crippen molar-refractivity contribution in [1.29, 1.82) is 0 Å². The Labute approximate surface area is 172 Å². The molecule has 0 bridgehead atoms. The summed E-state index contributed by atoms with van der Waals surface area (Å²) in [6.07, 6.45) is 5.40. The van der Waals surface area contributed by atoms with E-state index < -0.39 is 0 Å². The second kappa shape index (κ2) is 9.37. The number of aromatic nitrogens is 1. The molecule has 3 rings (SSSR count). The highest BCUT2D eigenvalue weighted by Gasteiger charge is 2.29. The van der Waals surface area contributed by atoms with E-state index in [9.17, 15) is 14.4 Å². The zero-order chi connectivity index (χ0) is 21.0. The van der Waals surface area contributed by atoms with E-state index in [1.54, 1.807) is 11.1 Å². The van der Waals surface area contributed by atoms with Crippen LogP contribution < -0.4 is 10.6 Å². The van der Waals surface area contributed by atoms with Crippen molar-refractivity contribution < 1.29 is 14.4 Å². The number of rotatable bonds is 6. The van der Waals surface area contributed by atoms with Crippen molar-refractivity contribution >= 4 is 23.4 Å². The first-order chi connectivity index (χ1) is 13.8. The molecule has 2 amide bonds. The Hall–Kier alpha value is -2.44. The second-order valence-electron chi connectivity index (χ2n) is 8.72. The van der Waals surface area contributed by atoms with Crippen molar-refractivity contribution in [3.63, 3.8) is 0 Å². The molecule has 0 aliphatic carbocycles. The van der Waals surface area contributed by atoms with Crippen LogP contribution in [0.15, 0.2) is 18.3 Å². The number of hydrogen-bond acceptors (Lipinski definition) is 5. The number of hydrogen-bond donors (Lipinski definition) is 1. The molecule has 2 fully saturated rings. The summed E-state index contributed by atoms with van der Waals surface area (Å²) in [6.45, 7) is 6.76. The normalized spacial score (nSPS) is 20.7. The lowest BCUT2D eigenvalue weighted by atomic mass is 9.89. The van der Waals surface area contributed by atoms with Gasteiger partial charge in [0.15, 0.2) is 0 Å². The van der Waals surface area contributed by atoms with Crippen molar-refractivity contribution in [3.8, 4) is 0 Å². The number of amides is 2. The third-order valence-electron chi connectivity index (χ3n) is 5.99. The fraction of sp³-hybridized carbons (Fsp3) is 0.636. The maximum atomic E-state index is 12.9. The predicted octanol–water partition coefficient (Wildman–Crippen LogP) is 2.25. The van der Waals surface area contributed by atoms with Crippen LogP contribution in [0.5, 0.6) is 0 Å². The summed E-state index contributed by atoms with van der Waals surface area (Å²) in [5, 5.41) is 0. The standard InChI is InChI=1S/C22H32N4O3/c1-15(2)12-19(27)18-4-3-9-26(14-18)22(29)17-5-6-20(24-13-17)25-10-7-16(8-11-25)21(23)28/h5-6,13,15-16,18H,3-4,7-12,14H2,1-2H3,(H2,23,28)/t18-/m1/s1. The maximum absolute atomic E-state index is 12.9. The summed E-state index contributed by atoms with van der Waals surface area (Å²) in [7, 11) is 0. The van der Waals surface area contributed by atoms with Gasteiger partial charge in [-0.1, -0.05) is 13.8 Å². The molecule has 0 radical (unpaired) electrons. The van der Waals surface area contributed by atoms with Gasteiger partial charge in [0.05, 0.1) is 5.56 Å². The van der Waals surface area contributed by atoms with Crippen LogP contribution in [0.4, 0.5) is 5.82 Å². The van der Waals surface area contributed by atoms with E-state index >= 15 is 0 Å². The van der Waals surface area contributed by atoms with E-state index in [4.69, 9.17) is 5.73 Å².